The lowest BCUT2D eigenvalue weighted by Crippen LogP contribution is -2.13. The summed E-state index contributed by atoms with van der Waals surface area (Å²) in [5.74, 6) is -2.15. The molecule has 7 heteroatoms. The molecule has 0 saturated carbocycles. The highest BCUT2D eigenvalue weighted by molar-refractivity contribution is 9.10. The normalized spacial score (nSPS) is 10.9. The lowest BCUT2D eigenvalue weighted by atomic mass is 10.3. The number of fused-ring (bicyclic) bond motifs is 1. The minimum atomic E-state index is -0.816. The van der Waals surface area contributed by atoms with Crippen LogP contribution in [0.5, 0.6) is 0 Å². The van der Waals surface area contributed by atoms with Gasteiger partial charge in [-0.25, -0.2) is 8.78 Å². The van der Waals surface area contributed by atoms with E-state index in [1.807, 2.05) is 11.4 Å². The number of amides is 1. The minimum Gasteiger partial charge on any atom is -0.316 e. The van der Waals surface area contributed by atoms with Crippen molar-refractivity contribution >= 4 is 59.6 Å². The molecule has 1 aromatic carbocycles. The van der Waals surface area contributed by atoms with Crippen molar-refractivity contribution in [2.24, 2.45) is 0 Å². The van der Waals surface area contributed by atoms with Gasteiger partial charge in [0.25, 0.3) is 5.91 Å². The van der Waals surface area contributed by atoms with Crippen LogP contribution in [0.4, 0.5) is 14.5 Å². The number of hydrogen-bond donors (Lipinski definition) is 1. The molecular weight excluding hydrogens is 368 g/mol. The third-order valence-electron chi connectivity index (χ3n) is 2.61. The summed E-state index contributed by atoms with van der Waals surface area (Å²) in [6.07, 6.45) is 0. The van der Waals surface area contributed by atoms with Crippen LogP contribution in [0.25, 0.3) is 9.40 Å². The maximum atomic E-state index is 13.7. The number of nitrogens with one attached hydrogen (secondary N) is 1. The summed E-state index contributed by atoms with van der Waals surface area (Å²) in [5.41, 5.74) is -0.435. The third kappa shape index (κ3) is 2.48. The van der Waals surface area contributed by atoms with Crippen molar-refractivity contribution in [3.05, 3.63) is 50.6 Å². The number of carbonyl (C=O) groups excluding carboxylic acids is 1. The zero-order valence-electron chi connectivity index (χ0n) is 9.75. The number of anilines is 1. The van der Waals surface area contributed by atoms with E-state index in [1.54, 1.807) is 6.07 Å². The summed E-state index contributed by atoms with van der Waals surface area (Å²) in [6, 6.07) is 5.83. The molecular formula is C13H6BrF2NOS2. The molecule has 1 amide bonds. The first-order valence-corrected chi connectivity index (χ1v) is 7.96. The predicted molar refractivity (Wildman–Crippen MR) is 81.7 cm³/mol. The van der Waals surface area contributed by atoms with Gasteiger partial charge in [0.15, 0.2) is 11.6 Å². The van der Waals surface area contributed by atoms with Crippen molar-refractivity contribution in [1.82, 2.24) is 0 Å². The Bertz CT molecular complexity index is 760. The molecule has 0 aliphatic rings. The lowest BCUT2D eigenvalue weighted by molar-refractivity contribution is 0.102. The zero-order valence-corrected chi connectivity index (χ0v) is 13.0. The van der Waals surface area contributed by atoms with E-state index in [0.29, 0.717) is 4.88 Å². The molecule has 0 atom stereocenters. The van der Waals surface area contributed by atoms with Crippen LogP contribution in [0.1, 0.15) is 9.67 Å². The SMILES string of the molecule is O=C(Nc1c(F)cc(Br)cc1F)c1cc2sccc2s1. The van der Waals surface area contributed by atoms with Gasteiger partial charge in [-0.05, 0) is 29.6 Å². The van der Waals surface area contributed by atoms with Gasteiger partial charge in [-0.2, -0.15) is 0 Å². The fraction of sp³-hybridized carbons (Fsp3) is 0. The van der Waals surface area contributed by atoms with Gasteiger partial charge in [0.1, 0.15) is 5.69 Å². The van der Waals surface area contributed by atoms with E-state index < -0.39 is 23.2 Å². The first-order valence-electron chi connectivity index (χ1n) is 5.47. The van der Waals surface area contributed by atoms with E-state index >= 15 is 0 Å². The largest absolute Gasteiger partial charge is 0.316 e. The second kappa shape index (κ2) is 5.23. The van der Waals surface area contributed by atoms with Gasteiger partial charge in [-0.3, -0.25) is 4.79 Å². The summed E-state index contributed by atoms with van der Waals surface area (Å²) in [5, 5.41) is 4.21. The molecule has 0 spiro atoms. The van der Waals surface area contributed by atoms with Gasteiger partial charge >= 0.3 is 0 Å². The van der Waals surface area contributed by atoms with Gasteiger partial charge in [0.2, 0.25) is 0 Å². The van der Waals surface area contributed by atoms with Crippen LogP contribution in [-0.4, -0.2) is 5.91 Å². The van der Waals surface area contributed by atoms with Gasteiger partial charge in [-0.1, -0.05) is 15.9 Å². The van der Waals surface area contributed by atoms with E-state index in [1.165, 1.54) is 22.7 Å². The Labute approximate surface area is 129 Å². The number of thiophene rings is 2. The minimum absolute atomic E-state index is 0.280. The van der Waals surface area contributed by atoms with E-state index in [-0.39, 0.29) is 4.47 Å². The fourth-order valence-electron chi connectivity index (χ4n) is 1.71. The summed E-state index contributed by atoms with van der Waals surface area (Å²) < 4.78 is 29.6. The highest BCUT2D eigenvalue weighted by Gasteiger charge is 2.16. The van der Waals surface area contributed by atoms with Crippen molar-refractivity contribution in [3.8, 4) is 0 Å². The molecule has 2 heterocycles. The van der Waals surface area contributed by atoms with Crippen LogP contribution in [0.2, 0.25) is 0 Å². The Morgan fingerprint density at radius 2 is 1.85 bits per heavy atom. The maximum Gasteiger partial charge on any atom is 0.265 e. The van der Waals surface area contributed by atoms with Gasteiger partial charge in [-0.15, -0.1) is 22.7 Å². The number of carbonyl (C=O) groups is 1. The Kier molecular flexibility index (Phi) is 3.57. The average molecular weight is 374 g/mol. The van der Waals surface area contributed by atoms with Crippen molar-refractivity contribution < 1.29 is 13.6 Å². The number of benzene rings is 1. The fourth-order valence-corrected chi connectivity index (χ4v) is 4.12. The third-order valence-corrected chi connectivity index (χ3v) is 5.16. The number of halogens is 3. The summed E-state index contributed by atoms with van der Waals surface area (Å²) in [4.78, 5) is 12.5. The summed E-state index contributed by atoms with van der Waals surface area (Å²) in [6.45, 7) is 0. The molecule has 0 aliphatic carbocycles. The van der Waals surface area contributed by atoms with E-state index in [2.05, 4.69) is 21.2 Å². The molecule has 0 radical (unpaired) electrons. The van der Waals surface area contributed by atoms with E-state index in [4.69, 9.17) is 0 Å². The van der Waals surface area contributed by atoms with Crippen LogP contribution < -0.4 is 5.32 Å². The number of hydrogen-bond acceptors (Lipinski definition) is 3. The van der Waals surface area contributed by atoms with Crippen molar-refractivity contribution in [2.75, 3.05) is 5.32 Å². The molecule has 2 aromatic heterocycles. The Hall–Kier alpha value is -1.31. The lowest BCUT2D eigenvalue weighted by Gasteiger charge is -2.06. The van der Waals surface area contributed by atoms with E-state index in [9.17, 15) is 13.6 Å². The van der Waals surface area contributed by atoms with Crippen molar-refractivity contribution in [2.45, 2.75) is 0 Å². The van der Waals surface area contributed by atoms with Crippen LogP contribution in [0.3, 0.4) is 0 Å². The van der Waals surface area contributed by atoms with Crippen LogP contribution in [0.15, 0.2) is 34.1 Å². The monoisotopic (exact) mass is 373 g/mol. The summed E-state index contributed by atoms with van der Waals surface area (Å²) in [7, 11) is 0. The topological polar surface area (TPSA) is 29.1 Å². The zero-order chi connectivity index (χ0) is 14.3. The van der Waals surface area contributed by atoms with Crippen LogP contribution in [0, 0.1) is 11.6 Å². The molecule has 20 heavy (non-hydrogen) atoms. The van der Waals surface area contributed by atoms with Gasteiger partial charge in [0.05, 0.1) is 4.88 Å². The number of rotatable bonds is 2. The first-order chi connectivity index (χ1) is 9.54. The second-order valence-electron chi connectivity index (χ2n) is 3.96. The smallest absolute Gasteiger partial charge is 0.265 e. The Morgan fingerprint density at radius 1 is 1.15 bits per heavy atom. The standard InChI is InChI=1S/C13H6BrF2NOS2/c14-6-3-7(15)12(8(16)4-6)17-13(18)11-5-10-9(20-11)1-2-19-10/h1-5H,(H,17,18). The Balaban J connectivity index is 1.91. The molecule has 3 aromatic rings. The second-order valence-corrected chi connectivity index (χ2v) is 6.91. The van der Waals surface area contributed by atoms with Crippen molar-refractivity contribution in [1.29, 1.82) is 0 Å². The quantitative estimate of drug-likeness (QED) is 0.652. The van der Waals surface area contributed by atoms with Crippen molar-refractivity contribution in [3.63, 3.8) is 0 Å². The molecule has 0 bridgehead atoms. The maximum absolute atomic E-state index is 13.7. The van der Waals surface area contributed by atoms with Crippen LogP contribution >= 0.6 is 38.6 Å². The highest BCUT2D eigenvalue weighted by atomic mass is 79.9. The van der Waals surface area contributed by atoms with Crippen LogP contribution in [-0.2, 0) is 0 Å². The van der Waals surface area contributed by atoms with Gasteiger partial charge in [0, 0.05) is 13.9 Å². The molecule has 0 aliphatic heterocycles. The summed E-state index contributed by atoms with van der Waals surface area (Å²) >= 11 is 5.79. The highest BCUT2D eigenvalue weighted by Crippen LogP contribution is 2.31. The first kappa shape index (κ1) is 13.7. The average Bonchev–Trinajstić information content (AvgIpc) is 2.93. The molecule has 0 unspecified atom stereocenters. The van der Waals surface area contributed by atoms with Gasteiger partial charge < -0.3 is 5.32 Å². The van der Waals surface area contributed by atoms with E-state index in [0.717, 1.165) is 21.5 Å². The Morgan fingerprint density at radius 3 is 2.50 bits per heavy atom. The molecule has 1 N–H and O–H groups in total. The molecule has 0 fully saturated rings. The molecule has 0 saturated heterocycles. The molecule has 2 nitrogen and oxygen atoms in total. The molecule has 3 rings (SSSR count). The molecule has 102 valence electrons. The predicted octanol–water partition coefficient (Wildman–Crippen LogP) is 5.26.